The molecule has 1 aromatic carbocycles. The second-order valence-electron chi connectivity index (χ2n) is 6.08. The monoisotopic (exact) mass is 313 g/mol. The normalized spacial score (nSPS) is 11.1. The maximum Gasteiger partial charge on any atom is 0.251 e. The van der Waals surface area contributed by atoms with Crippen LogP contribution in [0.25, 0.3) is 0 Å². The van der Waals surface area contributed by atoms with Crippen molar-refractivity contribution in [2.24, 2.45) is 5.41 Å². The van der Waals surface area contributed by atoms with Gasteiger partial charge in [-0.2, -0.15) is 0 Å². The van der Waals surface area contributed by atoms with Crippen molar-refractivity contribution in [3.8, 4) is 11.5 Å². The van der Waals surface area contributed by atoms with Gasteiger partial charge in [0.25, 0.3) is 5.91 Å². The number of amides is 1. The van der Waals surface area contributed by atoms with Crippen molar-refractivity contribution in [3.63, 3.8) is 0 Å². The number of methoxy groups -OCH3 is 1. The second kappa shape index (κ2) is 7.55. The minimum Gasteiger partial charge on any atom is -0.493 e. The first-order chi connectivity index (χ1) is 9.78. The van der Waals surface area contributed by atoms with E-state index < -0.39 is 0 Å². The number of rotatable bonds is 6. The highest BCUT2D eigenvalue weighted by Crippen LogP contribution is 2.36. The van der Waals surface area contributed by atoms with Crippen molar-refractivity contribution < 1.29 is 14.3 Å². The van der Waals surface area contributed by atoms with Gasteiger partial charge in [-0.15, -0.1) is 0 Å². The molecule has 0 radical (unpaired) electrons. The highest BCUT2D eigenvalue weighted by molar-refractivity contribution is 6.32. The van der Waals surface area contributed by atoms with Crippen LogP contribution in [0.1, 0.15) is 44.5 Å². The summed E-state index contributed by atoms with van der Waals surface area (Å²) in [6, 6.07) is 3.25. The van der Waals surface area contributed by atoms with Crippen LogP contribution >= 0.6 is 11.6 Å². The van der Waals surface area contributed by atoms with Gasteiger partial charge in [0.05, 0.1) is 18.7 Å². The van der Waals surface area contributed by atoms with Crippen LogP contribution in [-0.4, -0.2) is 26.2 Å². The highest BCUT2D eigenvalue weighted by atomic mass is 35.5. The molecule has 1 N–H and O–H groups in total. The van der Waals surface area contributed by atoms with E-state index in [1.54, 1.807) is 12.1 Å². The van der Waals surface area contributed by atoms with Crippen LogP contribution in [0.5, 0.6) is 11.5 Å². The lowest BCUT2D eigenvalue weighted by molar-refractivity contribution is 0.0939. The summed E-state index contributed by atoms with van der Waals surface area (Å²) in [5.41, 5.74) is 0.484. The van der Waals surface area contributed by atoms with E-state index in [2.05, 4.69) is 26.1 Å². The van der Waals surface area contributed by atoms with Gasteiger partial charge in [0.1, 0.15) is 0 Å². The lowest BCUT2D eigenvalue weighted by atomic mass is 9.97. The number of carbonyl (C=O) groups excluding carboxylic acids is 1. The van der Waals surface area contributed by atoms with Gasteiger partial charge < -0.3 is 14.8 Å². The Morgan fingerprint density at radius 2 is 2.00 bits per heavy atom. The molecule has 4 nitrogen and oxygen atoms in total. The second-order valence-corrected chi connectivity index (χ2v) is 6.49. The minimum absolute atomic E-state index is 0.0215. The smallest absolute Gasteiger partial charge is 0.251 e. The van der Waals surface area contributed by atoms with Gasteiger partial charge in [-0.05, 0) is 24.0 Å². The predicted molar refractivity (Wildman–Crippen MR) is 85.6 cm³/mol. The van der Waals surface area contributed by atoms with Crippen molar-refractivity contribution in [1.82, 2.24) is 5.32 Å². The molecular weight excluding hydrogens is 290 g/mol. The first-order valence-corrected chi connectivity index (χ1v) is 7.45. The Hall–Kier alpha value is -1.42. The SMILES string of the molecule is CCCOc1c(Cl)cc(C(=O)NCC(C)(C)C)cc1OC. The summed E-state index contributed by atoms with van der Waals surface area (Å²) >= 11 is 6.20. The van der Waals surface area contributed by atoms with E-state index in [1.807, 2.05) is 6.92 Å². The molecule has 21 heavy (non-hydrogen) atoms. The average Bonchev–Trinajstić information content (AvgIpc) is 2.41. The van der Waals surface area contributed by atoms with Crippen molar-refractivity contribution in [2.75, 3.05) is 20.3 Å². The maximum atomic E-state index is 12.2. The molecular formula is C16H24ClNO3. The van der Waals surface area contributed by atoms with Gasteiger partial charge in [-0.3, -0.25) is 4.79 Å². The Kier molecular flexibility index (Phi) is 6.34. The van der Waals surface area contributed by atoms with E-state index in [4.69, 9.17) is 21.1 Å². The molecule has 0 unspecified atom stereocenters. The Morgan fingerprint density at radius 1 is 1.33 bits per heavy atom. The van der Waals surface area contributed by atoms with Gasteiger partial charge in [-0.1, -0.05) is 39.3 Å². The van der Waals surface area contributed by atoms with Gasteiger partial charge in [0.2, 0.25) is 0 Å². The number of hydrogen-bond donors (Lipinski definition) is 1. The lowest BCUT2D eigenvalue weighted by Gasteiger charge is -2.19. The molecule has 118 valence electrons. The maximum absolute atomic E-state index is 12.2. The third-order valence-corrected chi connectivity index (χ3v) is 3.00. The van der Waals surface area contributed by atoms with E-state index in [0.717, 1.165) is 6.42 Å². The zero-order chi connectivity index (χ0) is 16.0. The summed E-state index contributed by atoms with van der Waals surface area (Å²) in [5.74, 6) is 0.775. The number of halogens is 1. The predicted octanol–water partition coefficient (Wildman–Crippen LogP) is 3.91. The lowest BCUT2D eigenvalue weighted by Crippen LogP contribution is -2.32. The zero-order valence-electron chi connectivity index (χ0n) is 13.4. The van der Waals surface area contributed by atoms with Gasteiger partial charge in [0.15, 0.2) is 11.5 Å². The molecule has 0 fully saturated rings. The summed E-state index contributed by atoms with van der Waals surface area (Å²) in [6.45, 7) is 9.31. The van der Waals surface area contributed by atoms with Gasteiger partial charge in [0, 0.05) is 12.1 Å². The standard InChI is InChI=1S/C16H24ClNO3/c1-6-7-21-14-12(17)8-11(9-13(14)20-5)15(19)18-10-16(2,3)4/h8-9H,6-7,10H2,1-5H3,(H,18,19). The van der Waals surface area contributed by atoms with Crippen molar-refractivity contribution in [2.45, 2.75) is 34.1 Å². The van der Waals surface area contributed by atoms with Crippen LogP contribution in [0, 0.1) is 5.41 Å². The number of hydrogen-bond acceptors (Lipinski definition) is 3. The topological polar surface area (TPSA) is 47.6 Å². The number of nitrogens with one attached hydrogen (secondary N) is 1. The fraction of sp³-hybridized carbons (Fsp3) is 0.562. The molecule has 1 rings (SSSR count). The molecule has 0 bridgehead atoms. The summed E-state index contributed by atoms with van der Waals surface area (Å²) in [4.78, 5) is 12.2. The van der Waals surface area contributed by atoms with Crippen LogP contribution in [-0.2, 0) is 0 Å². The molecule has 0 aliphatic heterocycles. The molecule has 1 amide bonds. The van der Waals surface area contributed by atoms with E-state index in [9.17, 15) is 4.79 Å². The van der Waals surface area contributed by atoms with Crippen molar-refractivity contribution >= 4 is 17.5 Å². The molecule has 0 aliphatic carbocycles. The number of benzene rings is 1. The summed E-state index contributed by atoms with van der Waals surface area (Å²) < 4.78 is 10.8. The van der Waals surface area contributed by atoms with Crippen LogP contribution < -0.4 is 14.8 Å². The first-order valence-electron chi connectivity index (χ1n) is 7.07. The third-order valence-electron chi connectivity index (χ3n) is 2.72. The van der Waals surface area contributed by atoms with Crippen LogP contribution in [0.15, 0.2) is 12.1 Å². The van der Waals surface area contributed by atoms with Crippen molar-refractivity contribution in [3.05, 3.63) is 22.7 Å². The van der Waals surface area contributed by atoms with Gasteiger partial charge in [-0.25, -0.2) is 0 Å². The quantitative estimate of drug-likeness (QED) is 0.866. The minimum atomic E-state index is -0.174. The molecule has 1 aromatic rings. The molecule has 0 aliphatic rings. The van der Waals surface area contributed by atoms with Crippen LogP contribution in [0.4, 0.5) is 0 Å². The highest BCUT2D eigenvalue weighted by Gasteiger charge is 2.17. The van der Waals surface area contributed by atoms with Crippen LogP contribution in [0.2, 0.25) is 5.02 Å². The first kappa shape index (κ1) is 17.6. The molecule has 0 saturated heterocycles. The van der Waals surface area contributed by atoms with E-state index in [0.29, 0.717) is 35.2 Å². The number of ether oxygens (including phenoxy) is 2. The molecule has 5 heteroatoms. The largest absolute Gasteiger partial charge is 0.493 e. The fourth-order valence-corrected chi connectivity index (χ4v) is 1.91. The zero-order valence-corrected chi connectivity index (χ0v) is 14.1. The molecule has 0 spiro atoms. The molecule has 0 atom stereocenters. The van der Waals surface area contributed by atoms with E-state index in [1.165, 1.54) is 7.11 Å². The Labute approximate surface area is 131 Å². The number of carbonyl (C=O) groups is 1. The Bertz CT molecular complexity index is 495. The molecule has 0 saturated carbocycles. The van der Waals surface area contributed by atoms with E-state index >= 15 is 0 Å². The summed E-state index contributed by atoms with van der Waals surface area (Å²) in [7, 11) is 1.53. The summed E-state index contributed by atoms with van der Waals surface area (Å²) in [5, 5.41) is 3.26. The Balaban J connectivity index is 2.94. The Morgan fingerprint density at radius 3 is 2.52 bits per heavy atom. The molecule has 0 heterocycles. The third kappa shape index (κ3) is 5.46. The van der Waals surface area contributed by atoms with Crippen LogP contribution in [0.3, 0.4) is 0 Å². The molecule has 0 aromatic heterocycles. The van der Waals surface area contributed by atoms with Gasteiger partial charge >= 0.3 is 0 Å². The van der Waals surface area contributed by atoms with E-state index in [-0.39, 0.29) is 11.3 Å². The van der Waals surface area contributed by atoms with Crippen molar-refractivity contribution in [1.29, 1.82) is 0 Å². The summed E-state index contributed by atoms with van der Waals surface area (Å²) in [6.07, 6.45) is 0.868. The fourth-order valence-electron chi connectivity index (χ4n) is 1.64. The average molecular weight is 314 g/mol.